The molecule has 1 aliphatic heterocycles. The fourth-order valence-electron chi connectivity index (χ4n) is 1.33. The maximum absolute atomic E-state index is 9.61. The van der Waals surface area contributed by atoms with Crippen LogP contribution in [0.2, 0.25) is 0 Å². The van der Waals surface area contributed by atoms with Crippen molar-refractivity contribution in [2.75, 3.05) is 4.90 Å². The minimum absolute atomic E-state index is 0.549. The van der Waals surface area contributed by atoms with Gasteiger partial charge in [-0.1, -0.05) is 24.3 Å². The molecule has 0 saturated heterocycles. The fraction of sp³-hybridized carbons (Fsp3) is 0.0909. The van der Waals surface area contributed by atoms with Crippen LogP contribution in [-0.4, -0.2) is 11.3 Å². The molecule has 1 aromatic carbocycles. The number of anilines is 1. The maximum atomic E-state index is 9.61. The van der Waals surface area contributed by atoms with Gasteiger partial charge in [-0.15, -0.1) is 0 Å². The Kier molecular flexibility index (Phi) is 2.15. The number of aliphatic hydroxyl groups is 1. The van der Waals surface area contributed by atoms with Gasteiger partial charge in [0.15, 0.2) is 0 Å². The third kappa shape index (κ3) is 1.63. The number of nitrogens with zero attached hydrogens (tertiary/aromatic N) is 1. The van der Waals surface area contributed by atoms with Gasteiger partial charge in [0.05, 0.1) is 0 Å². The molecule has 1 heterocycles. The second-order valence-corrected chi connectivity index (χ2v) is 2.88. The minimum Gasteiger partial charge on any atom is -0.370 e. The molecule has 1 atom stereocenters. The number of hydrogen-bond acceptors (Lipinski definition) is 2. The Morgan fingerprint density at radius 2 is 1.85 bits per heavy atom. The van der Waals surface area contributed by atoms with E-state index in [2.05, 4.69) is 0 Å². The van der Waals surface area contributed by atoms with Crippen molar-refractivity contribution >= 4 is 5.69 Å². The van der Waals surface area contributed by atoms with Crippen molar-refractivity contribution in [2.45, 2.75) is 6.23 Å². The molecular weight excluding hydrogens is 162 g/mol. The molecule has 1 aliphatic rings. The molecule has 2 nitrogen and oxygen atoms in total. The molecule has 0 spiro atoms. The summed E-state index contributed by atoms with van der Waals surface area (Å²) >= 11 is 0. The lowest BCUT2D eigenvalue weighted by Gasteiger charge is -2.25. The summed E-state index contributed by atoms with van der Waals surface area (Å²) in [5.74, 6) is 0. The van der Waals surface area contributed by atoms with Crippen molar-refractivity contribution < 1.29 is 5.11 Å². The summed E-state index contributed by atoms with van der Waals surface area (Å²) in [5.41, 5.74) is 0.996. The van der Waals surface area contributed by atoms with Crippen LogP contribution in [0.1, 0.15) is 0 Å². The topological polar surface area (TPSA) is 23.5 Å². The Morgan fingerprint density at radius 1 is 1.08 bits per heavy atom. The lowest BCUT2D eigenvalue weighted by atomic mass is 10.2. The van der Waals surface area contributed by atoms with E-state index in [0.29, 0.717) is 0 Å². The third-order valence-electron chi connectivity index (χ3n) is 1.98. The van der Waals surface area contributed by atoms with E-state index in [1.54, 1.807) is 11.0 Å². The third-order valence-corrected chi connectivity index (χ3v) is 1.98. The number of benzene rings is 1. The van der Waals surface area contributed by atoms with E-state index in [-0.39, 0.29) is 0 Å². The molecule has 0 fully saturated rings. The average Bonchev–Trinajstić information content (AvgIpc) is 2.20. The molecule has 1 unspecified atom stereocenters. The van der Waals surface area contributed by atoms with Crippen LogP contribution in [0.25, 0.3) is 0 Å². The van der Waals surface area contributed by atoms with Gasteiger partial charge >= 0.3 is 0 Å². The average molecular weight is 173 g/mol. The normalized spacial score (nSPS) is 20.7. The van der Waals surface area contributed by atoms with Crippen LogP contribution >= 0.6 is 0 Å². The summed E-state index contributed by atoms with van der Waals surface area (Å²) in [7, 11) is 0. The van der Waals surface area contributed by atoms with Crippen molar-refractivity contribution in [3.8, 4) is 0 Å². The van der Waals surface area contributed by atoms with Gasteiger partial charge in [0.1, 0.15) is 6.23 Å². The van der Waals surface area contributed by atoms with Gasteiger partial charge < -0.3 is 10.0 Å². The van der Waals surface area contributed by atoms with Gasteiger partial charge in [-0.3, -0.25) is 0 Å². The predicted octanol–water partition coefficient (Wildman–Crippen LogP) is 1.89. The number of rotatable bonds is 1. The smallest absolute Gasteiger partial charge is 0.150 e. The molecule has 0 aliphatic carbocycles. The Morgan fingerprint density at radius 3 is 2.54 bits per heavy atom. The van der Waals surface area contributed by atoms with E-state index < -0.39 is 6.23 Å². The predicted molar refractivity (Wildman–Crippen MR) is 53.2 cm³/mol. The first kappa shape index (κ1) is 8.08. The van der Waals surface area contributed by atoms with Crippen molar-refractivity contribution in [3.63, 3.8) is 0 Å². The fourth-order valence-corrected chi connectivity index (χ4v) is 1.33. The molecule has 2 rings (SSSR count). The Bertz CT molecular complexity index is 329. The lowest BCUT2D eigenvalue weighted by molar-refractivity contribution is 0.227. The molecule has 0 bridgehead atoms. The standard InChI is InChI=1S/C11H11NO/c13-11-8-4-5-9-12(11)10-6-2-1-3-7-10/h1-9,11,13H. The molecule has 0 saturated carbocycles. The van der Waals surface area contributed by atoms with Gasteiger partial charge in [-0.05, 0) is 24.3 Å². The van der Waals surface area contributed by atoms with Crippen molar-refractivity contribution in [1.29, 1.82) is 0 Å². The van der Waals surface area contributed by atoms with Crippen LogP contribution in [0.15, 0.2) is 54.8 Å². The molecule has 13 heavy (non-hydrogen) atoms. The first-order chi connectivity index (χ1) is 6.38. The first-order valence-corrected chi connectivity index (χ1v) is 4.24. The minimum atomic E-state index is -0.549. The van der Waals surface area contributed by atoms with Crippen molar-refractivity contribution in [3.05, 3.63) is 54.8 Å². The molecule has 0 aromatic heterocycles. The Labute approximate surface area is 77.4 Å². The number of para-hydroxylation sites is 1. The second-order valence-electron chi connectivity index (χ2n) is 2.88. The zero-order valence-corrected chi connectivity index (χ0v) is 7.17. The first-order valence-electron chi connectivity index (χ1n) is 4.24. The van der Waals surface area contributed by atoms with E-state index in [4.69, 9.17) is 0 Å². The molecule has 2 heteroatoms. The van der Waals surface area contributed by atoms with Gasteiger partial charge in [-0.25, -0.2) is 0 Å². The number of hydrogen-bond donors (Lipinski definition) is 1. The van der Waals surface area contributed by atoms with Crippen molar-refractivity contribution in [2.24, 2.45) is 0 Å². The van der Waals surface area contributed by atoms with Crippen LogP contribution in [0, 0.1) is 0 Å². The summed E-state index contributed by atoms with van der Waals surface area (Å²) in [6, 6.07) is 9.79. The molecule has 66 valence electrons. The summed E-state index contributed by atoms with van der Waals surface area (Å²) in [6.07, 6.45) is 6.80. The number of aliphatic hydroxyl groups excluding tert-OH is 1. The van der Waals surface area contributed by atoms with Crippen LogP contribution < -0.4 is 4.90 Å². The van der Waals surface area contributed by atoms with E-state index in [0.717, 1.165) is 5.69 Å². The van der Waals surface area contributed by atoms with Gasteiger partial charge in [-0.2, -0.15) is 0 Å². The Balaban J connectivity index is 2.27. The van der Waals surface area contributed by atoms with Crippen LogP contribution in [0.3, 0.4) is 0 Å². The largest absolute Gasteiger partial charge is 0.370 e. The summed E-state index contributed by atoms with van der Waals surface area (Å²) < 4.78 is 0. The molecule has 0 radical (unpaired) electrons. The zero-order valence-electron chi connectivity index (χ0n) is 7.17. The highest BCUT2D eigenvalue weighted by atomic mass is 16.3. The Hall–Kier alpha value is -1.54. The van der Waals surface area contributed by atoms with Crippen LogP contribution in [0.4, 0.5) is 5.69 Å². The highest BCUT2D eigenvalue weighted by Crippen LogP contribution is 2.18. The molecule has 1 N–H and O–H groups in total. The number of allylic oxidation sites excluding steroid dienone is 2. The van der Waals surface area contributed by atoms with Crippen molar-refractivity contribution in [1.82, 2.24) is 0 Å². The van der Waals surface area contributed by atoms with E-state index in [1.807, 2.05) is 48.7 Å². The summed E-state index contributed by atoms with van der Waals surface area (Å²) in [6.45, 7) is 0. The zero-order chi connectivity index (χ0) is 9.10. The van der Waals surface area contributed by atoms with E-state index in [9.17, 15) is 5.11 Å². The highest BCUT2D eigenvalue weighted by Gasteiger charge is 2.11. The van der Waals surface area contributed by atoms with Gasteiger partial charge in [0, 0.05) is 11.9 Å². The second kappa shape index (κ2) is 3.46. The van der Waals surface area contributed by atoms with Crippen LogP contribution in [-0.2, 0) is 0 Å². The van der Waals surface area contributed by atoms with Gasteiger partial charge in [0.25, 0.3) is 0 Å². The maximum Gasteiger partial charge on any atom is 0.150 e. The SMILES string of the molecule is OC1C=CC=CN1c1ccccc1. The molecular formula is C11H11NO. The molecule has 0 amide bonds. The lowest BCUT2D eigenvalue weighted by Crippen LogP contribution is -2.29. The summed E-state index contributed by atoms with van der Waals surface area (Å²) in [4.78, 5) is 1.81. The summed E-state index contributed by atoms with van der Waals surface area (Å²) in [5, 5.41) is 9.61. The quantitative estimate of drug-likeness (QED) is 0.701. The van der Waals surface area contributed by atoms with E-state index >= 15 is 0 Å². The highest BCUT2D eigenvalue weighted by molar-refractivity contribution is 5.51. The van der Waals surface area contributed by atoms with Crippen LogP contribution in [0.5, 0.6) is 0 Å². The van der Waals surface area contributed by atoms with E-state index in [1.165, 1.54) is 0 Å². The van der Waals surface area contributed by atoms with Gasteiger partial charge in [0.2, 0.25) is 0 Å². The molecule has 1 aromatic rings. The monoisotopic (exact) mass is 173 g/mol.